The van der Waals surface area contributed by atoms with Crippen LogP contribution in [0.1, 0.15) is 49.3 Å². The van der Waals surface area contributed by atoms with Crippen molar-refractivity contribution in [2.75, 3.05) is 13.7 Å². The first-order chi connectivity index (χ1) is 11.8. The van der Waals surface area contributed by atoms with Gasteiger partial charge in [0.1, 0.15) is 23.4 Å². The summed E-state index contributed by atoms with van der Waals surface area (Å²) in [5, 5.41) is 0. The number of hydrogen-bond acceptors (Lipinski definition) is 3. The molecule has 1 saturated carbocycles. The smallest absolute Gasteiger partial charge is 0.127 e. The van der Waals surface area contributed by atoms with Crippen LogP contribution in [-0.2, 0) is 0 Å². The molecule has 0 saturated heterocycles. The maximum Gasteiger partial charge on any atom is 0.127 e. The Labute approximate surface area is 143 Å². The van der Waals surface area contributed by atoms with E-state index in [0.29, 0.717) is 18.4 Å². The molecule has 3 heteroatoms. The second-order valence-corrected chi connectivity index (χ2v) is 6.65. The molecule has 126 valence electrons. The summed E-state index contributed by atoms with van der Waals surface area (Å²) in [7, 11) is 1.72. The Morgan fingerprint density at radius 2 is 1.83 bits per heavy atom. The highest BCUT2D eigenvalue weighted by atomic mass is 16.5. The van der Waals surface area contributed by atoms with Crippen LogP contribution in [0, 0.1) is 5.92 Å². The van der Waals surface area contributed by atoms with E-state index >= 15 is 0 Å². The maximum absolute atomic E-state index is 6.43. The van der Waals surface area contributed by atoms with Gasteiger partial charge in [0.25, 0.3) is 0 Å². The van der Waals surface area contributed by atoms with Gasteiger partial charge in [-0.2, -0.15) is 0 Å². The fraction of sp³-hybridized carbons (Fsp3) is 0.429. The van der Waals surface area contributed by atoms with Gasteiger partial charge in [-0.1, -0.05) is 18.6 Å². The van der Waals surface area contributed by atoms with Crippen LogP contribution in [0.2, 0.25) is 0 Å². The topological polar surface area (TPSA) is 27.7 Å². The van der Waals surface area contributed by atoms with E-state index in [0.717, 1.165) is 17.2 Å². The minimum absolute atomic E-state index is 0.133. The van der Waals surface area contributed by atoms with E-state index in [1.807, 2.05) is 13.0 Å². The van der Waals surface area contributed by atoms with Crippen molar-refractivity contribution in [1.29, 1.82) is 0 Å². The summed E-state index contributed by atoms with van der Waals surface area (Å²) in [4.78, 5) is 0. The van der Waals surface area contributed by atoms with Crippen molar-refractivity contribution in [3.8, 4) is 17.2 Å². The summed E-state index contributed by atoms with van der Waals surface area (Å²) in [6.45, 7) is 2.70. The monoisotopic (exact) mass is 324 g/mol. The molecule has 4 rings (SSSR count). The summed E-state index contributed by atoms with van der Waals surface area (Å²) < 4.78 is 17.4. The first-order valence-corrected chi connectivity index (χ1v) is 8.87. The highest BCUT2D eigenvalue weighted by Crippen LogP contribution is 2.54. The van der Waals surface area contributed by atoms with E-state index in [4.69, 9.17) is 14.2 Å². The SMILES string of the molecule is CCOc1ccc(C2Oc3ccc(OC)cc3C3CCCC32)cc1. The van der Waals surface area contributed by atoms with E-state index in [2.05, 4.69) is 36.4 Å². The van der Waals surface area contributed by atoms with Gasteiger partial charge in [-0.05, 0) is 61.6 Å². The van der Waals surface area contributed by atoms with E-state index in [-0.39, 0.29) is 6.10 Å². The number of fused-ring (bicyclic) bond motifs is 3. The quantitative estimate of drug-likeness (QED) is 0.782. The van der Waals surface area contributed by atoms with Crippen LogP contribution < -0.4 is 14.2 Å². The molecule has 1 aliphatic heterocycles. The fourth-order valence-electron chi connectivity index (χ4n) is 4.25. The van der Waals surface area contributed by atoms with Gasteiger partial charge in [0.15, 0.2) is 0 Å². The van der Waals surface area contributed by atoms with Crippen LogP contribution in [0.4, 0.5) is 0 Å². The zero-order valence-electron chi connectivity index (χ0n) is 14.3. The van der Waals surface area contributed by atoms with E-state index < -0.39 is 0 Å². The van der Waals surface area contributed by atoms with Gasteiger partial charge in [-0.15, -0.1) is 0 Å². The van der Waals surface area contributed by atoms with Crippen LogP contribution in [0.25, 0.3) is 0 Å². The molecular formula is C21H24O3. The third-order valence-corrected chi connectivity index (χ3v) is 5.35. The van der Waals surface area contributed by atoms with E-state index in [9.17, 15) is 0 Å². The summed E-state index contributed by atoms with van der Waals surface area (Å²) in [5.41, 5.74) is 2.57. The third kappa shape index (κ3) is 2.62. The largest absolute Gasteiger partial charge is 0.497 e. The number of rotatable bonds is 4. The first-order valence-electron chi connectivity index (χ1n) is 8.87. The van der Waals surface area contributed by atoms with E-state index in [1.165, 1.54) is 30.4 Å². The summed E-state index contributed by atoms with van der Waals surface area (Å²) in [6.07, 6.45) is 3.86. The lowest BCUT2D eigenvalue weighted by molar-refractivity contribution is 0.104. The molecule has 2 aromatic rings. The number of ether oxygens (including phenoxy) is 3. The molecule has 0 spiro atoms. The van der Waals surface area contributed by atoms with Crippen molar-refractivity contribution < 1.29 is 14.2 Å². The van der Waals surface area contributed by atoms with E-state index in [1.54, 1.807) is 7.11 Å². The van der Waals surface area contributed by atoms with Crippen molar-refractivity contribution in [1.82, 2.24) is 0 Å². The molecule has 3 atom stereocenters. The minimum Gasteiger partial charge on any atom is -0.497 e. The number of methoxy groups -OCH3 is 1. The Morgan fingerprint density at radius 3 is 2.58 bits per heavy atom. The molecule has 0 bridgehead atoms. The molecular weight excluding hydrogens is 300 g/mol. The van der Waals surface area contributed by atoms with Gasteiger partial charge in [0.2, 0.25) is 0 Å². The lowest BCUT2D eigenvalue weighted by Gasteiger charge is -2.36. The molecule has 2 aliphatic rings. The van der Waals surface area contributed by atoms with Gasteiger partial charge in [0.05, 0.1) is 13.7 Å². The Bertz CT molecular complexity index is 708. The average molecular weight is 324 g/mol. The maximum atomic E-state index is 6.43. The van der Waals surface area contributed by atoms with Crippen molar-refractivity contribution in [3.05, 3.63) is 53.6 Å². The molecule has 2 aromatic carbocycles. The van der Waals surface area contributed by atoms with Crippen LogP contribution in [0.15, 0.2) is 42.5 Å². The minimum atomic E-state index is 0.133. The van der Waals surface area contributed by atoms with Crippen molar-refractivity contribution in [2.24, 2.45) is 5.92 Å². The standard InChI is InChI=1S/C21H24O3/c1-3-23-15-9-7-14(8-10-15)21-18-6-4-5-17(18)19-13-16(22-2)11-12-20(19)24-21/h7-13,17-18,21H,3-6H2,1-2H3. The zero-order valence-corrected chi connectivity index (χ0v) is 14.3. The number of hydrogen-bond donors (Lipinski definition) is 0. The molecule has 3 unspecified atom stereocenters. The lowest BCUT2D eigenvalue weighted by atomic mass is 9.80. The first kappa shape index (κ1) is 15.4. The van der Waals surface area contributed by atoms with Gasteiger partial charge in [-0.3, -0.25) is 0 Å². The van der Waals surface area contributed by atoms with Crippen molar-refractivity contribution in [2.45, 2.75) is 38.2 Å². The number of benzene rings is 2. The molecule has 0 amide bonds. The van der Waals surface area contributed by atoms with Crippen LogP contribution in [-0.4, -0.2) is 13.7 Å². The van der Waals surface area contributed by atoms with Crippen LogP contribution >= 0.6 is 0 Å². The second kappa shape index (κ2) is 6.39. The predicted octanol–water partition coefficient (Wildman–Crippen LogP) is 5.11. The molecule has 0 radical (unpaired) electrons. The summed E-state index contributed by atoms with van der Waals surface area (Å²) >= 11 is 0. The fourth-order valence-corrected chi connectivity index (χ4v) is 4.25. The summed E-state index contributed by atoms with van der Waals surface area (Å²) in [6, 6.07) is 14.6. The average Bonchev–Trinajstić information content (AvgIpc) is 3.12. The molecule has 1 aliphatic carbocycles. The Kier molecular flexibility index (Phi) is 4.09. The Balaban J connectivity index is 1.67. The second-order valence-electron chi connectivity index (χ2n) is 6.65. The van der Waals surface area contributed by atoms with Crippen molar-refractivity contribution >= 4 is 0 Å². The van der Waals surface area contributed by atoms with Gasteiger partial charge in [-0.25, -0.2) is 0 Å². The predicted molar refractivity (Wildman–Crippen MR) is 94.1 cm³/mol. The Hall–Kier alpha value is -2.16. The van der Waals surface area contributed by atoms with Gasteiger partial charge >= 0.3 is 0 Å². The highest BCUT2D eigenvalue weighted by molar-refractivity contribution is 5.46. The molecule has 0 aromatic heterocycles. The van der Waals surface area contributed by atoms with Crippen LogP contribution in [0.3, 0.4) is 0 Å². The Morgan fingerprint density at radius 1 is 1.04 bits per heavy atom. The van der Waals surface area contributed by atoms with Crippen LogP contribution in [0.5, 0.6) is 17.2 Å². The molecule has 24 heavy (non-hydrogen) atoms. The zero-order chi connectivity index (χ0) is 16.5. The van der Waals surface area contributed by atoms with Gasteiger partial charge in [0, 0.05) is 11.5 Å². The molecule has 3 nitrogen and oxygen atoms in total. The highest BCUT2D eigenvalue weighted by Gasteiger charge is 2.42. The normalized spacial score (nSPS) is 24.7. The lowest BCUT2D eigenvalue weighted by Crippen LogP contribution is -2.26. The molecule has 1 heterocycles. The third-order valence-electron chi connectivity index (χ3n) is 5.35. The molecule has 0 N–H and O–H groups in total. The van der Waals surface area contributed by atoms with Gasteiger partial charge < -0.3 is 14.2 Å². The molecule has 1 fully saturated rings. The van der Waals surface area contributed by atoms with Crippen molar-refractivity contribution in [3.63, 3.8) is 0 Å². The summed E-state index contributed by atoms with van der Waals surface area (Å²) in [5.74, 6) is 3.97.